The van der Waals surface area contributed by atoms with Crippen LogP contribution in [0.2, 0.25) is 5.02 Å². The monoisotopic (exact) mass is 294 g/mol. The van der Waals surface area contributed by atoms with Gasteiger partial charge in [-0.1, -0.05) is 31.5 Å². The molecule has 1 N–H and O–H groups in total. The summed E-state index contributed by atoms with van der Waals surface area (Å²) in [7, 11) is 0. The van der Waals surface area contributed by atoms with Gasteiger partial charge in [0.05, 0.1) is 0 Å². The second kappa shape index (κ2) is 6.98. The number of carbonyl (C=O) groups is 1. The molecule has 2 rings (SSSR count). The van der Waals surface area contributed by atoms with Gasteiger partial charge in [0.15, 0.2) is 0 Å². The molecule has 20 heavy (non-hydrogen) atoms. The molecule has 1 amide bonds. The number of nitrogens with one attached hydrogen (secondary N) is 1. The molecule has 1 aromatic carbocycles. The Labute approximate surface area is 126 Å². The smallest absolute Gasteiger partial charge is 0.223 e. The molecule has 1 aromatic rings. The number of hydrogen-bond donors (Lipinski definition) is 1. The maximum Gasteiger partial charge on any atom is 0.223 e. The molecule has 0 radical (unpaired) electrons. The first-order valence-electron chi connectivity index (χ1n) is 7.34. The van der Waals surface area contributed by atoms with E-state index in [1.54, 1.807) is 0 Å². The van der Waals surface area contributed by atoms with Crippen molar-refractivity contribution in [2.24, 2.45) is 11.8 Å². The Morgan fingerprint density at radius 1 is 1.40 bits per heavy atom. The van der Waals surface area contributed by atoms with Crippen LogP contribution in [0, 0.1) is 11.8 Å². The Hall–Kier alpha value is -1.22. The minimum atomic E-state index is 0.157. The van der Waals surface area contributed by atoms with E-state index in [4.69, 9.17) is 11.6 Å². The van der Waals surface area contributed by atoms with Crippen LogP contribution in [0.4, 0.5) is 5.69 Å². The maximum absolute atomic E-state index is 12.0. The predicted octanol–water partition coefficient (Wildman–Crippen LogP) is 3.33. The molecule has 1 fully saturated rings. The SMILES string of the molecule is CC(C)CNC(=O)C1CCN(c2cccc(Cl)c2)CC1. The number of carbonyl (C=O) groups excluding carboxylic acids is 1. The first kappa shape index (κ1) is 15.2. The van der Waals surface area contributed by atoms with E-state index in [-0.39, 0.29) is 11.8 Å². The second-order valence-corrected chi connectivity index (χ2v) is 6.32. The quantitative estimate of drug-likeness (QED) is 0.924. The van der Waals surface area contributed by atoms with Gasteiger partial charge in [0.1, 0.15) is 0 Å². The molecule has 0 bridgehead atoms. The molecule has 1 aliphatic rings. The number of amides is 1. The van der Waals surface area contributed by atoms with Crippen LogP contribution in [0.3, 0.4) is 0 Å². The average Bonchev–Trinajstić information content (AvgIpc) is 2.45. The third kappa shape index (κ3) is 4.14. The van der Waals surface area contributed by atoms with Crippen LogP contribution in [0.15, 0.2) is 24.3 Å². The molecular formula is C16H23ClN2O. The Morgan fingerprint density at radius 3 is 2.70 bits per heavy atom. The lowest BCUT2D eigenvalue weighted by Gasteiger charge is -2.33. The Bertz CT molecular complexity index is 454. The Kier molecular flexibility index (Phi) is 5.30. The molecule has 0 atom stereocenters. The van der Waals surface area contributed by atoms with Crippen molar-refractivity contribution < 1.29 is 4.79 Å². The van der Waals surface area contributed by atoms with Crippen molar-refractivity contribution in [2.45, 2.75) is 26.7 Å². The summed E-state index contributed by atoms with van der Waals surface area (Å²) in [4.78, 5) is 14.4. The van der Waals surface area contributed by atoms with Crippen LogP contribution in [0.5, 0.6) is 0 Å². The lowest BCUT2D eigenvalue weighted by Crippen LogP contribution is -2.41. The van der Waals surface area contributed by atoms with Crippen molar-refractivity contribution in [2.75, 3.05) is 24.5 Å². The van der Waals surface area contributed by atoms with Crippen LogP contribution >= 0.6 is 11.6 Å². The summed E-state index contributed by atoms with van der Waals surface area (Å²) in [6.07, 6.45) is 1.83. The Balaban J connectivity index is 1.84. The lowest BCUT2D eigenvalue weighted by atomic mass is 9.95. The maximum atomic E-state index is 12.0. The topological polar surface area (TPSA) is 32.3 Å². The van der Waals surface area contributed by atoms with Crippen LogP contribution in [-0.4, -0.2) is 25.5 Å². The number of anilines is 1. The van der Waals surface area contributed by atoms with Crippen molar-refractivity contribution in [3.8, 4) is 0 Å². The molecule has 4 heteroatoms. The number of halogens is 1. The summed E-state index contributed by atoms with van der Waals surface area (Å²) in [6.45, 7) is 6.83. The summed E-state index contributed by atoms with van der Waals surface area (Å²) >= 11 is 6.02. The average molecular weight is 295 g/mol. The first-order chi connectivity index (χ1) is 9.56. The van der Waals surface area contributed by atoms with E-state index in [1.807, 2.05) is 18.2 Å². The summed E-state index contributed by atoms with van der Waals surface area (Å²) < 4.78 is 0. The number of piperidine rings is 1. The second-order valence-electron chi connectivity index (χ2n) is 5.88. The van der Waals surface area contributed by atoms with Gasteiger partial charge < -0.3 is 10.2 Å². The largest absolute Gasteiger partial charge is 0.371 e. The summed E-state index contributed by atoms with van der Waals surface area (Å²) in [5.74, 6) is 0.874. The zero-order chi connectivity index (χ0) is 14.5. The Morgan fingerprint density at radius 2 is 2.10 bits per heavy atom. The highest BCUT2D eigenvalue weighted by Crippen LogP contribution is 2.25. The number of nitrogens with zero attached hydrogens (tertiary/aromatic N) is 1. The van der Waals surface area contributed by atoms with Gasteiger partial charge in [-0.3, -0.25) is 4.79 Å². The normalized spacial score (nSPS) is 16.5. The van der Waals surface area contributed by atoms with E-state index in [1.165, 1.54) is 0 Å². The molecule has 110 valence electrons. The van der Waals surface area contributed by atoms with Crippen molar-refractivity contribution in [1.29, 1.82) is 0 Å². The van der Waals surface area contributed by atoms with Gasteiger partial charge in [-0.15, -0.1) is 0 Å². The number of rotatable bonds is 4. The zero-order valence-electron chi connectivity index (χ0n) is 12.2. The van der Waals surface area contributed by atoms with Gasteiger partial charge >= 0.3 is 0 Å². The lowest BCUT2D eigenvalue weighted by molar-refractivity contribution is -0.125. The van der Waals surface area contributed by atoms with E-state index < -0.39 is 0 Å². The van der Waals surface area contributed by atoms with Crippen LogP contribution < -0.4 is 10.2 Å². The molecule has 1 heterocycles. The molecule has 0 aromatic heterocycles. The molecular weight excluding hydrogens is 272 g/mol. The third-order valence-electron chi connectivity index (χ3n) is 3.72. The molecule has 0 aliphatic carbocycles. The summed E-state index contributed by atoms with van der Waals surface area (Å²) in [5.41, 5.74) is 1.15. The van der Waals surface area contributed by atoms with Crippen molar-refractivity contribution >= 4 is 23.2 Å². The standard InChI is InChI=1S/C16H23ClN2O/c1-12(2)11-18-16(20)13-6-8-19(9-7-13)15-5-3-4-14(17)10-15/h3-5,10,12-13H,6-9,11H2,1-2H3,(H,18,20). The molecule has 0 spiro atoms. The van der Waals surface area contributed by atoms with Gasteiger partial charge in [-0.2, -0.15) is 0 Å². The van der Waals surface area contributed by atoms with Crippen LogP contribution in [-0.2, 0) is 4.79 Å². The minimum Gasteiger partial charge on any atom is -0.371 e. The van der Waals surface area contributed by atoms with Gasteiger partial charge in [0, 0.05) is 36.3 Å². The minimum absolute atomic E-state index is 0.157. The summed E-state index contributed by atoms with van der Waals surface area (Å²) in [6, 6.07) is 7.92. The number of benzene rings is 1. The van der Waals surface area contributed by atoms with Gasteiger partial charge in [-0.25, -0.2) is 0 Å². The molecule has 3 nitrogen and oxygen atoms in total. The molecule has 0 unspecified atom stereocenters. The first-order valence-corrected chi connectivity index (χ1v) is 7.72. The fourth-order valence-electron chi connectivity index (χ4n) is 2.52. The molecule has 1 aliphatic heterocycles. The van der Waals surface area contributed by atoms with E-state index in [2.05, 4.69) is 30.1 Å². The predicted molar refractivity (Wildman–Crippen MR) is 84.2 cm³/mol. The fraction of sp³-hybridized carbons (Fsp3) is 0.562. The van der Waals surface area contributed by atoms with E-state index in [0.29, 0.717) is 5.92 Å². The van der Waals surface area contributed by atoms with Crippen molar-refractivity contribution in [1.82, 2.24) is 5.32 Å². The number of hydrogen-bond acceptors (Lipinski definition) is 2. The van der Waals surface area contributed by atoms with Crippen LogP contribution in [0.1, 0.15) is 26.7 Å². The summed E-state index contributed by atoms with van der Waals surface area (Å²) in [5, 5.41) is 3.80. The molecule has 0 saturated carbocycles. The zero-order valence-corrected chi connectivity index (χ0v) is 13.0. The van der Waals surface area contributed by atoms with Gasteiger partial charge in [-0.05, 0) is 37.0 Å². The fourth-order valence-corrected chi connectivity index (χ4v) is 2.71. The van der Waals surface area contributed by atoms with E-state index in [9.17, 15) is 4.79 Å². The van der Waals surface area contributed by atoms with E-state index in [0.717, 1.165) is 43.2 Å². The van der Waals surface area contributed by atoms with Gasteiger partial charge in [0.25, 0.3) is 0 Å². The van der Waals surface area contributed by atoms with Crippen LogP contribution in [0.25, 0.3) is 0 Å². The highest BCUT2D eigenvalue weighted by molar-refractivity contribution is 6.30. The third-order valence-corrected chi connectivity index (χ3v) is 3.96. The van der Waals surface area contributed by atoms with Crippen molar-refractivity contribution in [3.63, 3.8) is 0 Å². The van der Waals surface area contributed by atoms with Gasteiger partial charge in [0.2, 0.25) is 5.91 Å². The highest BCUT2D eigenvalue weighted by Gasteiger charge is 2.25. The van der Waals surface area contributed by atoms with Crippen molar-refractivity contribution in [3.05, 3.63) is 29.3 Å². The van der Waals surface area contributed by atoms with E-state index >= 15 is 0 Å². The highest BCUT2D eigenvalue weighted by atomic mass is 35.5. The molecule has 1 saturated heterocycles.